The Hall–Kier alpha value is -1.89. The lowest BCUT2D eigenvalue weighted by Gasteiger charge is -2.30. The minimum Gasteiger partial charge on any atom is -0.481 e. The number of nitrogens with zero attached hydrogens (tertiary/aromatic N) is 2. The van der Waals surface area contributed by atoms with E-state index in [9.17, 15) is 9.59 Å². The molecule has 0 saturated heterocycles. The van der Waals surface area contributed by atoms with Crippen LogP contribution < -0.4 is 5.32 Å². The van der Waals surface area contributed by atoms with Crippen molar-refractivity contribution in [3.05, 3.63) is 23.5 Å². The third-order valence-corrected chi connectivity index (χ3v) is 4.01. The van der Waals surface area contributed by atoms with Crippen molar-refractivity contribution in [1.82, 2.24) is 14.7 Å². The number of imidazole rings is 1. The van der Waals surface area contributed by atoms with E-state index in [-0.39, 0.29) is 24.2 Å². The first-order valence-corrected chi connectivity index (χ1v) is 7.56. The van der Waals surface area contributed by atoms with Gasteiger partial charge in [0.1, 0.15) is 0 Å². The van der Waals surface area contributed by atoms with Crippen molar-refractivity contribution in [3.63, 3.8) is 0 Å². The van der Waals surface area contributed by atoms with Gasteiger partial charge in [-0.1, -0.05) is 20.8 Å². The molecule has 2 rings (SSSR count). The summed E-state index contributed by atoms with van der Waals surface area (Å²) < 4.78 is 1.87. The zero-order valence-corrected chi connectivity index (χ0v) is 13.1. The molecule has 0 aromatic carbocycles. The Bertz CT molecular complexity index is 625. The topological polar surface area (TPSA) is 83.7 Å². The number of carboxylic acids is 1. The highest BCUT2D eigenvalue weighted by molar-refractivity contribution is 7.15. The van der Waals surface area contributed by atoms with E-state index in [0.717, 1.165) is 4.96 Å². The van der Waals surface area contributed by atoms with Gasteiger partial charge in [-0.3, -0.25) is 14.0 Å². The summed E-state index contributed by atoms with van der Waals surface area (Å²) in [7, 11) is 0. The lowest BCUT2D eigenvalue weighted by Crippen LogP contribution is -2.45. The van der Waals surface area contributed by atoms with Crippen LogP contribution in [0.3, 0.4) is 0 Å². The number of amides is 1. The van der Waals surface area contributed by atoms with Gasteiger partial charge in [0.25, 0.3) is 0 Å². The van der Waals surface area contributed by atoms with E-state index in [1.807, 2.05) is 42.9 Å². The van der Waals surface area contributed by atoms with Crippen LogP contribution in [0.2, 0.25) is 0 Å². The molecule has 0 aliphatic carbocycles. The van der Waals surface area contributed by atoms with Crippen LogP contribution in [-0.2, 0) is 16.0 Å². The highest BCUT2D eigenvalue weighted by atomic mass is 32.1. The number of carbonyl (C=O) groups is 2. The normalized spacial score (nSPS) is 13.3. The standard InChI is InChI=1S/C14H19N3O3S/c1-14(2,3)10(7-12(19)20)16-11(18)6-9-8-17-4-5-21-13(17)15-9/h4-5,8,10H,6-7H2,1-3H3,(H,16,18)(H,19,20). The second-order valence-corrected chi connectivity index (χ2v) is 6.96. The first kappa shape index (κ1) is 15.5. The molecule has 2 heterocycles. The third-order valence-electron chi connectivity index (χ3n) is 3.24. The van der Waals surface area contributed by atoms with E-state index in [1.54, 1.807) is 0 Å². The third kappa shape index (κ3) is 4.04. The Balaban J connectivity index is 2.01. The maximum atomic E-state index is 12.1. The first-order valence-electron chi connectivity index (χ1n) is 6.68. The Morgan fingerprint density at radius 3 is 2.76 bits per heavy atom. The average molecular weight is 309 g/mol. The number of fused-ring (bicyclic) bond motifs is 1. The number of nitrogens with one attached hydrogen (secondary N) is 1. The molecule has 1 atom stereocenters. The minimum atomic E-state index is -0.919. The highest BCUT2D eigenvalue weighted by Crippen LogP contribution is 2.22. The number of carbonyl (C=O) groups excluding carboxylic acids is 1. The second-order valence-electron chi connectivity index (χ2n) is 6.09. The van der Waals surface area contributed by atoms with E-state index >= 15 is 0 Å². The van der Waals surface area contributed by atoms with Gasteiger partial charge < -0.3 is 10.4 Å². The van der Waals surface area contributed by atoms with Gasteiger partial charge in [0.05, 0.1) is 18.5 Å². The first-order chi connectivity index (χ1) is 9.75. The fraction of sp³-hybridized carbons (Fsp3) is 0.500. The Labute approximate surface area is 126 Å². The molecular weight excluding hydrogens is 290 g/mol. The fourth-order valence-corrected chi connectivity index (χ4v) is 2.74. The van der Waals surface area contributed by atoms with Gasteiger partial charge in [0, 0.05) is 23.8 Å². The Kier molecular flexibility index (Phi) is 4.32. The number of aliphatic carboxylic acids is 1. The van der Waals surface area contributed by atoms with Crippen LogP contribution in [0.4, 0.5) is 0 Å². The Morgan fingerprint density at radius 2 is 2.19 bits per heavy atom. The number of aromatic nitrogens is 2. The number of hydrogen-bond donors (Lipinski definition) is 2. The summed E-state index contributed by atoms with van der Waals surface area (Å²) in [6, 6.07) is -0.411. The van der Waals surface area contributed by atoms with Crippen LogP contribution in [0.5, 0.6) is 0 Å². The molecule has 2 aromatic rings. The molecule has 2 N–H and O–H groups in total. The molecule has 2 aromatic heterocycles. The van der Waals surface area contributed by atoms with Crippen molar-refractivity contribution in [2.24, 2.45) is 5.41 Å². The predicted molar refractivity (Wildman–Crippen MR) is 80.4 cm³/mol. The molecule has 0 spiro atoms. The number of rotatable bonds is 5. The van der Waals surface area contributed by atoms with Crippen LogP contribution in [0.15, 0.2) is 17.8 Å². The molecule has 0 aliphatic heterocycles. The van der Waals surface area contributed by atoms with E-state index < -0.39 is 12.0 Å². The van der Waals surface area contributed by atoms with Crippen LogP contribution in [0, 0.1) is 5.41 Å². The van der Waals surface area contributed by atoms with Gasteiger partial charge in [0.15, 0.2) is 4.96 Å². The molecule has 21 heavy (non-hydrogen) atoms. The summed E-state index contributed by atoms with van der Waals surface area (Å²) in [5.74, 6) is -1.13. The number of thiazole rings is 1. The summed E-state index contributed by atoms with van der Waals surface area (Å²) in [6.45, 7) is 5.73. The van der Waals surface area contributed by atoms with Crippen LogP contribution in [0.25, 0.3) is 4.96 Å². The molecular formula is C14H19N3O3S. The average Bonchev–Trinajstić information content (AvgIpc) is 2.86. The number of hydrogen-bond acceptors (Lipinski definition) is 4. The van der Waals surface area contributed by atoms with Crippen molar-refractivity contribution in [1.29, 1.82) is 0 Å². The molecule has 0 radical (unpaired) electrons. The lowest BCUT2D eigenvalue weighted by atomic mass is 9.84. The maximum Gasteiger partial charge on any atom is 0.305 e. The summed E-state index contributed by atoms with van der Waals surface area (Å²) in [5.41, 5.74) is 0.366. The van der Waals surface area contributed by atoms with Crippen molar-refractivity contribution >= 4 is 28.2 Å². The maximum absolute atomic E-state index is 12.1. The summed E-state index contributed by atoms with van der Waals surface area (Å²) in [5, 5.41) is 13.7. The van der Waals surface area contributed by atoms with Gasteiger partial charge in [-0.2, -0.15) is 0 Å². The van der Waals surface area contributed by atoms with Gasteiger partial charge in [-0.15, -0.1) is 11.3 Å². The quantitative estimate of drug-likeness (QED) is 0.884. The van der Waals surface area contributed by atoms with Crippen LogP contribution in [0.1, 0.15) is 32.9 Å². The van der Waals surface area contributed by atoms with Crippen LogP contribution in [-0.4, -0.2) is 32.4 Å². The minimum absolute atomic E-state index is 0.0898. The largest absolute Gasteiger partial charge is 0.481 e. The summed E-state index contributed by atoms with van der Waals surface area (Å²) >= 11 is 1.50. The molecule has 0 aliphatic rings. The van der Waals surface area contributed by atoms with E-state index in [2.05, 4.69) is 10.3 Å². The fourth-order valence-electron chi connectivity index (χ4n) is 2.02. The number of carboxylic acid groups (broad SMARTS) is 1. The van der Waals surface area contributed by atoms with Gasteiger partial charge in [-0.05, 0) is 5.41 Å². The van der Waals surface area contributed by atoms with E-state index in [0.29, 0.717) is 5.69 Å². The predicted octanol–water partition coefficient (Wildman–Crippen LogP) is 1.94. The summed E-state index contributed by atoms with van der Waals surface area (Å²) in [4.78, 5) is 28.2. The molecule has 1 amide bonds. The monoisotopic (exact) mass is 309 g/mol. The molecule has 114 valence electrons. The van der Waals surface area contributed by atoms with Gasteiger partial charge in [0.2, 0.25) is 5.91 Å². The highest BCUT2D eigenvalue weighted by Gasteiger charge is 2.28. The van der Waals surface area contributed by atoms with E-state index in [1.165, 1.54) is 11.3 Å². The molecule has 1 unspecified atom stereocenters. The zero-order valence-electron chi connectivity index (χ0n) is 12.3. The van der Waals surface area contributed by atoms with Gasteiger partial charge >= 0.3 is 5.97 Å². The van der Waals surface area contributed by atoms with Gasteiger partial charge in [-0.25, -0.2) is 4.98 Å². The smallest absolute Gasteiger partial charge is 0.305 e. The van der Waals surface area contributed by atoms with Crippen molar-refractivity contribution in [2.45, 2.75) is 39.7 Å². The second kappa shape index (κ2) is 5.85. The lowest BCUT2D eigenvalue weighted by molar-refractivity contribution is -0.138. The van der Waals surface area contributed by atoms with E-state index in [4.69, 9.17) is 5.11 Å². The van der Waals surface area contributed by atoms with Crippen molar-refractivity contribution in [3.8, 4) is 0 Å². The molecule has 0 bridgehead atoms. The molecule has 0 saturated carbocycles. The van der Waals surface area contributed by atoms with Crippen molar-refractivity contribution in [2.75, 3.05) is 0 Å². The summed E-state index contributed by atoms with van der Waals surface area (Å²) in [6.07, 6.45) is 3.76. The van der Waals surface area contributed by atoms with Crippen molar-refractivity contribution < 1.29 is 14.7 Å². The zero-order chi connectivity index (χ0) is 15.6. The SMILES string of the molecule is CC(C)(C)C(CC(=O)O)NC(=O)Cc1cn2ccsc2n1. The molecule has 0 fully saturated rings. The molecule has 7 heteroatoms. The van der Waals surface area contributed by atoms with Crippen LogP contribution >= 0.6 is 11.3 Å². The molecule has 6 nitrogen and oxygen atoms in total. The Morgan fingerprint density at radius 1 is 1.48 bits per heavy atom.